The third-order valence-corrected chi connectivity index (χ3v) is 4.96. The second-order valence-corrected chi connectivity index (χ2v) is 6.57. The van der Waals surface area contributed by atoms with Crippen LogP contribution in [0, 0.1) is 0 Å². The summed E-state index contributed by atoms with van der Waals surface area (Å²) in [5, 5.41) is 3.54. The van der Waals surface area contributed by atoms with Crippen LogP contribution in [0.2, 0.25) is 0 Å². The number of benzene rings is 1. The lowest BCUT2D eigenvalue weighted by molar-refractivity contribution is -0.134. The molecule has 20 heavy (non-hydrogen) atoms. The Hall–Kier alpha value is -1.00. The van der Waals surface area contributed by atoms with Gasteiger partial charge < -0.3 is 4.90 Å². The van der Waals surface area contributed by atoms with Crippen molar-refractivity contribution in [2.24, 2.45) is 0 Å². The Morgan fingerprint density at radius 1 is 1.40 bits per heavy atom. The zero-order valence-electron chi connectivity index (χ0n) is 12.7. The lowest BCUT2D eigenvalue weighted by Crippen LogP contribution is -2.44. The smallest absolute Gasteiger partial charge is 0.244 e. The van der Waals surface area contributed by atoms with Crippen LogP contribution in [-0.4, -0.2) is 34.4 Å². The van der Waals surface area contributed by atoms with Crippen LogP contribution in [0.5, 0.6) is 0 Å². The number of rotatable bonds is 5. The first-order valence-corrected chi connectivity index (χ1v) is 8.57. The standard InChI is InChI=1S/C16H24N2OS/c1-5-16(3)15(19)18(12(2)11-20-4)14(17-16)13-9-7-6-8-10-13/h6-10,12,14,17H,5,11H2,1-4H3. The van der Waals surface area contributed by atoms with E-state index in [9.17, 15) is 4.79 Å². The van der Waals surface area contributed by atoms with Crippen molar-refractivity contribution in [3.05, 3.63) is 35.9 Å². The molecule has 1 aromatic carbocycles. The molecule has 1 aliphatic heterocycles. The molecule has 1 fully saturated rings. The number of nitrogens with one attached hydrogen (secondary N) is 1. The Labute approximate surface area is 126 Å². The van der Waals surface area contributed by atoms with Gasteiger partial charge >= 0.3 is 0 Å². The van der Waals surface area contributed by atoms with Crippen LogP contribution in [0.15, 0.2) is 30.3 Å². The molecule has 1 saturated heterocycles. The van der Waals surface area contributed by atoms with E-state index in [2.05, 4.69) is 37.6 Å². The summed E-state index contributed by atoms with van der Waals surface area (Å²) in [6.07, 6.45) is 2.87. The Kier molecular flexibility index (Phi) is 4.76. The molecule has 1 heterocycles. The van der Waals surface area contributed by atoms with E-state index >= 15 is 0 Å². The maximum absolute atomic E-state index is 12.8. The molecule has 4 heteroatoms. The van der Waals surface area contributed by atoms with Gasteiger partial charge in [-0.1, -0.05) is 37.3 Å². The number of nitrogens with zero attached hydrogens (tertiary/aromatic N) is 1. The third kappa shape index (κ3) is 2.72. The van der Waals surface area contributed by atoms with Gasteiger partial charge in [0.25, 0.3) is 0 Å². The van der Waals surface area contributed by atoms with Gasteiger partial charge in [0.15, 0.2) is 0 Å². The average Bonchev–Trinajstić information content (AvgIpc) is 2.73. The summed E-state index contributed by atoms with van der Waals surface area (Å²) in [4.78, 5) is 14.8. The maximum atomic E-state index is 12.8. The summed E-state index contributed by atoms with van der Waals surface area (Å²) in [6.45, 7) is 6.21. The van der Waals surface area contributed by atoms with Gasteiger partial charge in [-0.05, 0) is 32.1 Å². The largest absolute Gasteiger partial charge is 0.318 e. The first-order chi connectivity index (χ1) is 9.53. The Morgan fingerprint density at radius 3 is 2.60 bits per heavy atom. The molecule has 0 aromatic heterocycles. The van der Waals surface area contributed by atoms with Crippen LogP contribution in [0.4, 0.5) is 0 Å². The molecule has 0 spiro atoms. The highest BCUT2D eigenvalue weighted by Crippen LogP contribution is 2.34. The lowest BCUT2D eigenvalue weighted by atomic mass is 9.99. The number of carbonyl (C=O) groups excluding carboxylic acids is 1. The second-order valence-electron chi connectivity index (χ2n) is 5.66. The third-order valence-electron chi connectivity index (χ3n) is 4.15. The fraction of sp³-hybridized carbons (Fsp3) is 0.562. The number of thioether (sulfide) groups is 1. The molecule has 1 aliphatic rings. The van der Waals surface area contributed by atoms with E-state index in [1.807, 2.05) is 30.0 Å². The highest BCUT2D eigenvalue weighted by atomic mass is 32.2. The van der Waals surface area contributed by atoms with Crippen LogP contribution in [0.1, 0.15) is 38.9 Å². The molecular weight excluding hydrogens is 268 g/mol. The minimum atomic E-state index is -0.451. The quantitative estimate of drug-likeness (QED) is 0.905. The van der Waals surface area contributed by atoms with Crippen molar-refractivity contribution in [3.63, 3.8) is 0 Å². The van der Waals surface area contributed by atoms with Crippen LogP contribution >= 0.6 is 11.8 Å². The molecule has 1 N–H and O–H groups in total. The Bertz CT molecular complexity index is 465. The summed E-state index contributed by atoms with van der Waals surface area (Å²) in [7, 11) is 0. The van der Waals surface area contributed by atoms with Crippen molar-refractivity contribution < 1.29 is 4.79 Å². The molecule has 1 aromatic rings. The molecule has 3 unspecified atom stereocenters. The van der Waals surface area contributed by atoms with Crippen LogP contribution in [0.25, 0.3) is 0 Å². The van der Waals surface area contributed by atoms with Crippen LogP contribution < -0.4 is 5.32 Å². The zero-order valence-corrected chi connectivity index (χ0v) is 13.5. The van der Waals surface area contributed by atoms with E-state index in [-0.39, 0.29) is 18.1 Å². The molecule has 3 atom stereocenters. The maximum Gasteiger partial charge on any atom is 0.244 e. The van der Waals surface area contributed by atoms with Gasteiger partial charge in [0, 0.05) is 11.8 Å². The molecule has 0 bridgehead atoms. The van der Waals surface area contributed by atoms with Crippen LogP contribution in [-0.2, 0) is 4.79 Å². The molecule has 0 radical (unpaired) electrons. The monoisotopic (exact) mass is 292 g/mol. The van der Waals surface area contributed by atoms with Crippen molar-refractivity contribution in [1.29, 1.82) is 0 Å². The van der Waals surface area contributed by atoms with E-state index in [1.54, 1.807) is 11.8 Å². The van der Waals surface area contributed by atoms with Crippen molar-refractivity contribution in [2.45, 2.75) is 44.9 Å². The van der Waals surface area contributed by atoms with Crippen molar-refractivity contribution in [2.75, 3.05) is 12.0 Å². The molecular formula is C16H24N2OS. The van der Waals surface area contributed by atoms with Crippen molar-refractivity contribution in [1.82, 2.24) is 10.2 Å². The van der Waals surface area contributed by atoms with Crippen LogP contribution in [0.3, 0.4) is 0 Å². The average molecular weight is 292 g/mol. The van der Waals surface area contributed by atoms with E-state index in [0.29, 0.717) is 0 Å². The SMILES string of the molecule is CCC1(C)NC(c2ccccc2)N(C(C)CSC)C1=O. The topological polar surface area (TPSA) is 32.3 Å². The van der Waals surface area contributed by atoms with E-state index in [0.717, 1.165) is 17.7 Å². The summed E-state index contributed by atoms with van der Waals surface area (Å²) >= 11 is 1.78. The highest BCUT2D eigenvalue weighted by molar-refractivity contribution is 7.98. The minimum absolute atomic E-state index is 0.0178. The van der Waals surface area contributed by atoms with E-state index in [1.165, 1.54) is 0 Å². The van der Waals surface area contributed by atoms with Gasteiger partial charge in [0.2, 0.25) is 5.91 Å². The second kappa shape index (κ2) is 6.19. The van der Waals surface area contributed by atoms with E-state index in [4.69, 9.17) is 0 Å². The normalized spacial score (nSPS) is 27.9. The predicted molar refractivity (Wildman–Crippen MR) is 85.7 cm³/mol. The summed E-state index contributed by atoms with van der Waals surface area (Å²) in [5.74, 6) is 1.17. The summed E-state index contributed by atoms with van der Waals surface area (Å²) < 4.78 is 0. The number of hydrogen-bond donors (Lipinski definition) is 1. The van der Waals surface area contributed by atoms with Crippen molar-refractivity contribution in [3.8, 4) is 0 Å². The van der Waals surface area contributed by atoms with E-state index < -0.39 is 5.54 Å². The fourth-order valence-corrected chi connectivity index (χ4v) is 3.39. The minimum Gasteiger partial charge on any atom is -0.318 e. The van der Waals surface area contributed by atoms with Crippen molar-refractivity contribution >= 4 is 17.7 Å². The van der Waals surface area contributed by atoms with Gasteiger partial charge in [0.1, 0.15) is 6.17 Å². The zero-order chi connectivity index (χ0) is 14.8. The summed E-state index contributed by atoms with van der Waals surface area (Å²) in [6, 6.07) is 10.5. The predicted octanol–water partition coefficient (Wildman–Crippen LogP) is 3.04. The van der Waals surface area contributed by atoms with Gasteiger partial charge in [-0.25, -0.2) is 0 Å². The van der Waals surface area contributed by atoms with Gasteiger partial charge in [-0.2, -0.15) is 11.8 Å². The molecule has 2 rings (SSSR count). The first kappa shape index (κ1) is 15.4. The Morgan fingerprint density at radius 2 is 2.05 bits per heavy atom. The van der Waals surface area contributed by atoms with Gasteiger partial charge in [0.05, 0.1) is 5.54 Å². The molecule has 0 saturated carbocycles. The number of carbonyl (C=O) groups is 1. The Balaban J connectivity index is 2.35. The number of amides is 1. The molecule has 3 nitrogen and oxygen atoms in total. The number of hydrogen-bond acceptors (Lipinski definition) is 3. The molecule has 1 amide bonds. The van der Waals surface area contributed by atoms with Gasteiger partial charge in [-0.3, -0.25) is 10.1 Å². The lowest BCUT2D eigenvalue weighted by Gasteiger charge is -2.30. The fourth-order valence-electron chi connectivity index (χ4n) is 2.74. The molecule has 0 aliphatic carbocycles. The summed E-state index contributed by atoms with van der Waals surface area (Å²) in [5.41, 5.74) is 0.707. The molecule has 110 valence electrons. The van der Waals surface area contributed by atoms with Gasteiger partial charge in [-0.15, -0.1) is 0 Å². The first-order valence-electron chi connectivity index (χ1n) is 7.18. The highest BCUT2D eigenvalue weighted by Gasteiger charge is 2.48.